The van der Waals surface area contributed by atoms with E-state index < -0.39 is 0 Å². The van der Waals surface area contributed by atoms with Gasteiger partial charge in [-0.2, -0.15) is 0 Å². The highest BCUT2D eigenvalue weighted by atomic mass is 16.2. The van der Waals surface area contributed by atoms with E-state index >= 15 is 0 Å². The smallest absolute Gasteiger partial charge is 0.270 e. The van der Waals surface area contributed by atoms with Gasteiger partial charge in [0.05, 0.1) is 0 Å². The van der Waals surface area contributed by atoms with Crippen molar-refractivity contribution in [2.24, 2.45) is 0 Å². The lowest BCUT2D eigenvalue weighted by atomic mass is 9.94. The van der Waals surface area contributed by atoms with Gasteiger partial charge in [0.2, 0.25) is 0 Å². The molecule has 1 aliphatic heterocycles. The van der Waals surface area contributed by atoms with Gasteiger partial charge in [-0.15, -0.1) is 0 Å². The quantitative estimate of drug-likeness (QED) is 0.853. The molecular weight excluding hydrogens is 286 g/mol. The lowest BCUT2D eigenvalue weighted by Gasteiger charge is -2.33. The number of amides is 1. The predicted octanol–water partition coefficient (Wildman–Crippen LogP) is 3.55. The number of hydrogen-bond acceptors (Lipinski definition) is 2. The number of nitrogens with zero attached hydrogens (tertiary/aromatic N) is 3. The zero-order valence-corrected chi connectivity index (χ0v) is 14.7. The van der Waals surface area contributed by atoms with E-state index in [0.29, 0.717) is 6.04 Å². The first kappa shape index (κ1) is 16.6. The molecule has 3 rings (SSSR count). The maximum atomic E-state index is 12.9. The standard InChI is InChI=1S/C19H31N3O/c1-16(2)22-13-6-10-18(22)19(23)21-12-7-11-20(14-15-21)17-8-4-3-5-9-17/h6,10,13,16-17H,3-5,7-9,11-12,14-15H2,1-2H3. The Labute approximate surface area is 140 Å². The highest BCUT2D eigenvalue weighted by Gasteiger charge is 2.26. The van der Waals surface area contributed by atoms with Crippen LogP contribution in [0.4, 0.5) is 0 Å². The average Bonchev–Trinajstić information content (AvgIpc) is 2.93. The molecule has 4 heteroatoms. The van der Waals surface area contributed by atoms with Gasteiger partial charge in [0.15, 0.2) is 0 Å². The van der Waals surface area contributed by atoms with Gasteiger partial charge in [-0.1, -0.05) is 19.3 Å². The minimum atomic E-state index is 0.203. The van der Waals surface area contributed by atoms with Crippen LogP contribution < -0.4 is 0 Å². The minimum absolute atomic E-state index is 0.203. The first-order valence-corrected chi connectivity index (χ1v) is 9.37. The Morgan fingerprint density at radius 3 is 2.57 bits per heavy atom. The van der Waals surface area contributed by atoms with E-state index in [1.54, 1.807) is 0 Å². The minimum Gasteiger partial charge on any atom is -0.341 e. The van der Waals surface area contributed by atoms with E-state index in [1.807, 2.05) is 18.3 Å². The lowest BCUT2D eigenvalue weighted by molar-refractivity contribution is 0.0742. The second-order valence-corrected chi connectivity index (χ2v) is 7.37. The summed E-state index contributed by atoms with van der Waals surface area (Å²) < 4.78 is 2.09. The molecule has 0 N–H and O–H groups in total. The van der Waals surface area contributed by atoms with E-state index in [4.69, 9.17) is 0 Å². The molecule has 4 nitrogen and oxygen atoms in total. The summed E-state index contributed by atoms with van der Waals surface area (Å²) in [6.07, 6.45) is 9.99. The normalized spacial score (nSPS) is 21.6. The molecule has 0 unspecified atom stereocenters. The SMILES string of the molecule is CC(C)n1cccc1C(=O)N1CCCN(C2CCCCC2)CC1. The number of hydrogen-bond donors (Lipinski definition) is 0. The van der Waals surface area contributed by atoms with Gasteiger partial charge in [-0.25, -0.2) is 0 Å². The van der Waals surface area contributed by atoms with Crippen LogP contribution in [0.15, 0.2) is 18.3 Å². The molecule has 2 fully saturated rings. The summed E-state index contributed by atoms with van der Waals surface area (Å²) in [6.45, 7) is 8.22. The van der Waals surface area contributed by atoms with Crippen molar-refractivity contribution in [1.29, 1.82) is 0 Å². The van der Waals surface area contributed by atoms with Crippen molar-refractivity contribution in [2.75, 3.05) is 26.2 Å². The van der Waals surface area contributed by atoms with E-state index in [0.717, 1.165) is 44.3 Å². The molecule has 1 amide bonds. The molecule has 23 heavy (non-hydrogen) atoms. The fourth-order valence-corrected chi connectivity index (χ4v) is 4.14. The molecule has 2 aliphatic rings. The Kier molecular flexibility index (Phi) is 5.42. The summed E-state index contributed by atoms with van der Waals surface area (Å²) in [4.78, 5) is 17.6. The first-order valence-electron chi connectivity index (χ1n) is 9.37. The summed E-state index contributed by atoms with van der Waals surface area (Å²) in [6, 6.07) is 5.04. The topological polar surface area (TPSA) is 28.5 Å². The van der Waals surface area contributed by atoms with E-state index in [9.17, 15) is 4.79 Å². The highest BCUT2D eigenvalue weighted by molar-refractivity contribution is 5.92. The van der Waals surface area contributed by atoms with Crippen LogP contribution in [-0.4, -0.2) is 52.5 Å². The monoisotopic (exact) mass is 317 g/mol. The van der Waals surface area contributed by atoms with Crippen LogP contribution in [-0.2, 0) is 0 Å². The van der Waals surface area contributed by atoms with E-state index in [1.165, 1.54) is 32.1 Å². The Morgan fingerprint density at radius 1 is 1.04 bits per heavy atom. The predicted molar refractivity (Wildman–Crippen MR) is 93.8 cm³/mol. The zero-order valence-electron chi connectivity index (χ0n) is 14.7. The van der Waals surface area contributed by atoms with Crippen molar-refractivity contribution >= 4 is 5.91 Å². The fraction of sp³-hybridized carbons (Fsp3) is 0.737. The molecule has 1 saturated carbocycles. The Bertz CT molecular complexity index is 516. The molecule has 0 spiro atoms. The number of carbonyl (C=O) groups is 1. The van der Waals surface area contributed by atoms with Crippen LogP contribution in [0.2, 0.25) is 0 Å². The third-order valence-electron chi connectivity index (χ3n) is 5.46. The molecule has 0 atom stereocenters. The summed E-state index contributed by atoms with van der Waals surface area (Å²) in [5.41, 5.74) is 0.839. The van der Waals surface area contributed by atoms with Gasteiger partial charge in [0.1, 0.15) is 5.69 Å². The van der Waals surface area contributed by atoms with Crippen molar-refractivity contribution in [1.82, 2.24) is 14.4 Å². The van der Waals surface area contributed by atoms with E-state index in [2.05, 4.69) is 28.2 Å². The molecule has 0 radical (unpaired) electrons. The van der Waals surface area contributed by atoms with Crippen molar-refractivity contribution in [3.63, 3.8) is 0 Å². The Hall–Kier alpha value is -1.29. The van der Waals surface area contributed by atoms with Crippen LogP contribution in [0.3, 0.4) is 0 Å². The molecule has 1 aromatic rings. The van der Waals surface area contributed by atoms with Crippen molar-refractivity contribution in [3.05, 3.63) is 24.0 Å². The third-order valence-corrected chi connectivity index (χ3v) is 5.46. The summed E-state index contributed by atoms with van der Waals surface area (Å²) in [5.74, 6) is 0.203. The van der Waals surface area contributed by atoms with Crippen LogP contribution >= 0.6 is 0 Å². The number of aromatic nitrogens is 1. The van der Waals surface area contributed by atoms with Gasteiger partial charge in [-0.3, -0.25) is 9.69 Å². The van der Waals surface area contributed by atoms with Gasteiger partial charge >= 0.3 is 0 Å². The molecular formula is C19H31N3O. The van der Waals surface area contributed by atoms with Crippen molar-refractivity contribution in [2.45, 2.75) is 64.5 Å². The molecule has 0 aromatic carbocycles. The maximum absolute atomic E-state index is 12.9. The number of carbonyl (C=O) groups excluding carboxylic acids is 1. The Morgan fingerprint density at radius 2 is 1.83 bits per heavy atom. The van der Waals surface area contributed by atoms with E-state index in [-0.39, 0.29) is 5.91 Å². The van der Waals surface area contributed by atoms with Crippen molar-refractivity contribution < 1.29 is 4.79 Å². The second kappa shape index (κ2) is 7.52. The molecule has 1 saturated heterocycles. The van der Waals surface area contributed by atoms with Gasteiger partial charge in [0, 0.05) is 44.5 Å². The molecule has 1 aromatic heterocycles. The van der Waals surface area contributed by atoms with Crippen molar-refractivity contribution in [3.8, 4) is 0 Å². The first-order chi connectivity index (χ1) is 11.2. The van der Waals surface area contributed by atoms with Crippen LogP contribution in [0.25, 0.3) is 0 Å². The Balaban J connectivity index is 1.63. The van der Waals surface area contributed by atoms with Gasteiger partial charge < -0.3 is 9.47 Å². The largest absolute Gasteiger partial charge is 0.341 e. The molecule has 2 heterocycles. The van der Waals surface area contributed by atoms with Gasteiger partial charge in [0.25, 0.3) is 5.91 Å². The second-order valence-electron chi connectivity index (χ2n) is 7.37. The number of rotatable bonds is 3. The third kappa shape index (κ3) is 3.79. The molecule has 0 bridgehead atoms. The fourth-order valence-electron chi connectivity index (χ4n) is 4.14. The summed E-state index contributed by atoms with van der Waals surface area (Å²) in [5, 5.41) is 0. The van der Waals surface area contributed by atoms with Gasteiger partial charge in [-0.05, 0) is 45.2 Å². The zero-order chi connectivity index (χ0) is 16.2. The molecule has 128 valence electrons. The van der Waals surface area contributed by atoms with Crippen LogP contribution in [0.1, 0.15) is 68.9 Å². The summed E-state index contributed by atoms with van der Waals surface area (Å²) >= 11 is 0. The van der Waals surface area contributed by atoms with Crippen LogP contribution in [0, 0.1) is 0 Å². The van der Waals surface area contributed by atoms with Crippen LogP contribution in [0.5, 0.6) is 0 Å². The maximum Gasteiger partial charge on any atom is 0.270 e. The molecule has 1 aliphatic carbocycles. The average molecular weight is 317 g/mol. The summed E-state index contributed by atoms with van der Waals surface area (Å²) in [7, 11) is 0. The highest BCUT2D eigenvalue weighted by Crippen LogP contribution is 2.24. The lowest BCUT2D eigenvalue weighted by Crippen LogP contribution is -2.40.